The number of hydrogen-bond acceptors (Lipinski definition) is 5. The van der Waals surface area contributed by atoms with Crippen molar-refractivity contribution in [1.82, 2.24) is 15.3 Å². The third-order valence-corrected chi connectivity index (χ3v) is 1.79. The Bertz CT molecular complexity index is 517. The molecular formula is C8H10N4O5. The summed E-state index contributed by atoms with van der Waals surface area (Å²) in [7, 11) is 0. The number of primary amides is 1. The number of carbonyl (C=O) groups is 2. The lowest BCUT2D eigenvalue weighted by Gasteiger charge is -2.07. The van der Waals surface area contributed by atoms with Gasteiger partial charge in [-0.05, 0) is 0 Å². The van der Waals surface area contributed by atoms with Crippen LogP contribution in [0.2, 0.25) is 0 Å². The third-order valence-electron chi connectivity index (χ3n) is 1.79. The van der Waals surface area contributed by atoms with E-state index in [4.69, 9.17) is 10.8 Å². The Labute approximate surface area is 93.7 Å². The molecule has 0 aliphatic carbocycles. The SMILES string of the molecule is NC(=O)C(O)CNC(=O)c1cc(=O)[nH]c(=O)[nH]1. The number of amides is 2. The topological polar surface area (TPSA) is 158 Å². The van der Waals surface area contributed by atoms with Crippen LogP contribution in [0.15, 0.2) is 15.7 Å². The van der Waals surface area contributed by atoms with Crippen LogP contribution in [0.4, 0.5) is 0 Å². The van der Waals surface area contributed by atoms with Crippen molar-refractivity contribution >= 4 is 11.8 Å². The quantitative estimate of drug-likeness (QED) is 0.372. The molecule has 0 aliphatic rings. The summed E-state index contributed by atoms with van der Waals surface area (Å²) in [5.41, 5.74) is 2.90. The average Bonchev–Trinajstić information content (AvgIpc) is 2.23. The maximum atomic E-state index is 11.4. The van der Waals surface area contributed by atoms with Crippen LogP contribution in [0.5, 0.6) is 0 Å². The van der Waals surface area contributed by atoms with E-state index in [9.17, 15) is 19.2 Å². The Kier molecular flexibility index (Phi) is 3.78. The van der Waals surface area contributed by atoms with E-state index in [2.05, 4.69) is 10.3 Å². The van der Waals surface area contributed by atoms with Crippen molar-refractivity contribution in [2.24, 2.45) is 5.73 Å². The molecule has 0 saturated heterocycles. The Morgan fingerprint density at radius 2 is 2.06 bits per heavy atom. The monoisotopic (exact) mass is 242 g/mol. The van der Waals surface area contributed by atoms with Crippen LogP contribution >= 0.6 is 0 Å². The summed E-state index contributed by atoms with van der Waals surface area (Å²) in [6.45, 7) is -0.414. The number of nitrogens with two attached hydrogens (primary N) is 1. The molecule has 0 aliphatic heterocycles. The number of aliphatic hydroxyl groups is 1. The van der Waals surface area contributed by atoms with Crippen molar-refractivity contribution in [3.05, 3.63) is 32.6 Å². The number of aromatic amines is 2. The minimum Gasteiger partial charge on any atom is -0.381 e. The minimum atomic E-state index is -1.53. The fourth-order valence-corrected chi connectivity index (χ4v) is 0.976. The highest BCUT2D eigenvalue weighted by Crippen LogP contribution is 1.86. The van der Waals surface area contributed by atoms with Crippen LogP contribution in [0.3, 0.4) is 0 Å². The molecule has 1 heterocycles. The molecule has 2 amide bonds. The summed E-state index contributed by atoms with van der Waals surface area (Å²) >= 11 is 0. The molecule has 0 fully saturated rings. The van der Waals surface area contributed by atoms with Gasteiger partial charge in [-0.15, -0.1) is 0 Å². The Morgan fingerprint density at radius 1 is 1.41 bits per heavy atom. The molecule has 0 radical (unpaired) electrons. The summed E-state index contributed by atoms with van der Waals surface area (Å²) < 4.78 is 0. The fourth-order valence-electron chi connectivity index (χ4n) is 0.976. The first-order valence-electron chi connectivity index (χ1n) is 4.49. The summed E-state index contributed by atoms with van der Waals surface area (Å²) in [6.07, 6.45) is -1.53. The molecule has 17 heavy (non-hydrogen) atoms. The van der Waals surface area contributed by atoms with E-state index in [1.165, 1.54) is 0 Å². The molecule has 6 N–H and O–H groups in total. The first-order chi connectivity index (χ1) is 7.90. The van der Waals surface area contributed by atoms with Gasteiger partial charge in [0.05, 0.1) is 6.54 Å². The van der Waals surface area contributed by atoms with E-state index in [0.29, 0.717) is 0 Å². The number of rotatable bonds is 4. The molecule has 1 rings (SSSR count). The van der Waals surface area contributed by atoms with Gasteiger partial charge >= 0.3 is 5.69 Å². The van der Waals surface area contributed by atoms with Crippen molar-refractivity contribution in [2.45, 2.75) is 6.10 Å². The minimum absolute atomic E-state index is 0.282. The second kappa shape index (κ2) is 5.07. The van der Waals surface area contributed by atoms with Gasteiger partial charge in [0, 0.05) is 6.07 Å². The van der Waals surface area contributed by atoms with Crippen molar-refractivity contribution in [1.29, 1.82) is 0 Å². The normalized spacial score (nSPS) is 11.8. The predicted molar refractivity (Wildman–Crippen MR) is 55.2 cm³/mol. The van der Waals surface area contributed by atoms with Gasteiger partial charge in [0.15, 0.2) is 0 Å². The molecule has 92 valence electrons. The van der Waals surface area contributed by atoms with E-state index in [-0.39, 0.29) is 5.69 Å². The zero-order valence-corrected chi connectivity index (χ0v) is 8.52. The molecule has 1 aromatic heterocycles. The van der Waals surface area contributed by atoms with Gasteiger partial charge in [-0.3, -0.25) is 19.4 Å². The summed E-state index contributed by atoms with van der Waals surface area (Å²) in [5.74, 6) is -1.81. The van der Waals surface area contributed by atoms with Crippen LogP contribution < -0.4 is 22.3 Å². The molecule has 0 aromatic carbocycles. The van der Waals surface area contributed by atoms with Crippen LogP contribution in [-0.4, -0.2) is 39.5 Å². The zero-order valence-electron chi connectivity index (χ0n) is 8.52. The number of nitrogens with one attached hydrogen (secondary N) is 3. The molecule has 9 nitrogen and oxygen atoms in total. The lowest BCUT2D eigenvalue weighted by atomic mass is 10.3. The molecule has 9 heteroatoms. The van der Waals surface area contributed by atoms with Gasteiger partial charge in [-0.25, -0.2) is 4.79 Å². The van der Waals surface area contributed by atoms with Gasteiger partial charge in [0.25, 0.3) is 11.5 Å². The molecule has 0 spiro atoms. The molecule has 0 saturated carbocycles. The van der Waals surface area contributed by atoms with Gasteiger partial charge in [-0.1, -0.05) is 0 Å². The van der Waals surface area contributed by atoms with Gasteiger partial charge in [0.1, 0.15) is 11.8 Å². The van der Waals surface area contributed by atoms with Crippen molar-refractivity contribution in [2.75, 3.05) is 6.54 Å². The lowest BCUT2D eigenvalue weighted by Crippen LogP contribution is -2.41. The number of H-pyrrole nitrogens is 2. The third kappa shape index (κ3) is 3.57. The van der Waals surface area contributed by atoms with Crippen LogP contribution in [0.25, 0.3) is 0 Å². The van der Waals surface area contributed by atoms with Crippen molar-refractivity contribution < 1.29 is 14.7 Å². The lowest BCUT2D eigenvalue weighted by molar-refractivity contribution is -0.125. The Morgan fingerprint density at radius 3 is 2.59 bits per heavy atom. The molecule has 1 atom stereocenters. The molecule has 0 bridgehead atoms. The highest BCUT2D eigenvalue weighted by atomic mass is 16.3. The molecule has 1 aromatic rings. The highest BCUT2D eigenvalue weighted by Gasteiger charge is 2.13. The summed E-state index contributed by atoms with van der Waals surface area (Å²) in [5, 5.41) is 11.1. The Balaban J connectivity index is 2.74. The Hall–Kier alpha value is -2.42. The second-order valence-electron chi connectivity index (χ2n) is 3.13. The predicted octanol–water partition coefficient (Wildman–Crippen LogP) is -3.36. The van der Waals surface area contributed by atoms with Gasteiger partial charge < -0.3 is 21.1 Å². The highest BCUT2D eigenvalue weighted by molar-refractivity contribution is 5.92. The van der Waals surface area contributed by atoms with Crippen LogP contribution in [-0.2, 0) is 4.79 Å². The number of aromatic nitrogens is 2. The molecular weight excluding hydrogens is 232 g/mol. The first-order valence-corrected chi connectivity index (χ1v) is 4.49. The average molecular weight is 242 g/mol. The van der Waals surface area contributed by atoms with E-state index in [0.717, 1.165) is 6.07 Å². The first kappa shape index (κ1) is 12.6. The fraction of sp³-hybridized carbons (Fsp3) is 0.250. The van der Waals surface area contributed by atoms with Crippen LogP contribution in [0.1, 0.15) is 10.5 Å². The second-order valence-corrected chi connectivity index (χ2v) is 3.13. The number of carbonyl (C=O) groups excluding carboxylic acids is 2. The maximum Gasteiger partial charge on any atom is 0.326 e. The van der Waals surface area contributed by atoms with E-state index in [1.807, 2.05) is 4.98 Å². The van der Waals surface area contributed by atoms with E-state index < -0.39 is 35.7 Å². The summed E-state index contributed by atoms with van der Waals surface area (Å²) in [4.78, 5) is 47.5. The van der Waals surface area contributed by atoms with Crippen LogP contribution in [0, 0.1) is 0 Å². The standard InChI is InChI=1S/C8H10N4O5/c9-6(15)4(13)2-10-7(16)3-1-5(14)12-8(17)11-3/h1,4,13H,2H2,(H2,9,15)(H,10,16)(H2,11,12,14,17). The number of hydrogen-bond donors (Lipinski definition) is 5. The summed E-state index contributed by atoms with van der Waals surface area (Å²) in [6, 6.07) is 0.868. The number of aliphatic hydroxyl groups excluding tert-OH is 1. The van der Waals surface area contributed by atoms with E-state index >= 15 is 0 Å². The van der Waals surface area contributed by atoms with Crippen molar-refractivity contribution in [3.8, 4) is 0 Å². The maximum absolute atomic E-state index is 11.4. The smallest absolute Gasteiger partial charge is 0.326 e. The molecule has 1 unspecified atom stereocenters. The zero-order chi connectivity index (χ0) is 13.0. The van der Waals surface area contributed by atoms with Gasteiger partial charge in [-0.2, -0.15) is 0 Å². The van der Waals surface area contributed by atoms with Gasteiger partial charge in [0.2, 0.25) is 5.91 Å². The largest absolute Gasteiger partial charge is 0.381 e. The van der Waals surface area contributed by atoms with E-state index in [1.54, 1.807) is 0 Å². The van der Waals surface area contributed by atoms with Crippen molar-refractivity contribution in [3.63, 3.8) is 0 Å².